The molecule has 0 N–H and O–H groups in total. The maximum atomic E-state index is 2.68. The normalized spacial score (nSPS) is 11.7. The quantitative estimate of drug-likeness (QED) is 0.803. The van der Waals surface area contributed by atoms with E-state index in [0.29, 0.717) is 12.1 Å². The van der Waals surface area contributed by atoms with E-state index in [4.69, 9.17) is 0 Å². The van der Waals surface area contributed by atoms with Crippen LogP contribution < -0.4 is 14.6 Å². The summed E-state index contributed by atoms with van der Waals surface area (Å²) in [6.07, 6.45) is 0. The topological polar surface area (TPSA) is 3.24 Å². The van der Waals surface area contributed by atoms with Gasteiger partial charge in [0.1, 0.15) is 0 Å². The lowest BCUT2D eigenvalue weighted by molar-refractivity contribution is 0.650. The van der Waals surface area contributed by atoms with E-state index in [1.54, 1.807) is 9.90 Å². The van der Waals surface area contributed by atoms with Crippen molar-refractivity contribution in [2.75, 3.05) is 4.67 Å². The Bertz CT molecular complexity index is 466. The third kappa shape index (κ3) is 3.08. The first-order chi connectivity index (χ1) is 8.27. The highest BCUT2D eigenvalue weighted by molar-refractivity contribution is 7.49. The average Bonchev–Trinajstić information content (AvgIpc) is 2.60. The minimum Gasteiger partial charge on any atom is -0.255 e. The molecule has 0 aliphatic rings. The standard InChI is InChI=1S/C16H28NP/c1-11(2)15-9-10-16(12(3)4)18(15)17(13(5)6)14(7)8/h9-10,13-14H,1-8H3. The summed E-state index contributed by atoms with van der Waals surface area (Å²) in [5.74, 6) is 0. The molecule has 1 aromatic rings. The molecule has 0 spiro atoms. The molecule has 0 saturated carbocycles. The van der Waals surface area contributed by atoms with Gasteiger partial charge in [0.05, 0.1) is 0 Å². The zero-order valence-electron chi connectivity index (χ0n) is 13.2. The zero-order chi connectivity index (χ0) is 14.0. The molecule has 0 fully saturated rings. The van der Waals surface area contributed by atoms with Gasteiger partial charge in [0.15, 0.2) is 0 Å². The predicted molar refractivity (Wildman–Crippen MR) is 86.4 cm³/mol. The Hall–Kier alpha value is -0.520. The Morgan fingerprint density at radius 1 is 0.833 bits per heavy atom. The molecule has 2 heteroatoms. The average molecular weight is 265 g/mol. The molecule has 18 heavy (non-hydrogen) atoms. The van der Waals surface area contributed by atoms with Crippen LogP contribution in [0.1, 0.15) is 55.4 Å². The van der Waals surface area contributed by atoms with Gasteiger partial charge in [-0.2, -0.15) is 0 Å². The van der Waals surface area contributed by atoms with Crippen molar-refractivity contribution in [1.29, 1.82) is 0 Å². The highest BCUT2D eigenvalue weighted by atomic mass is 31.1. The molecule has 0 radical (unpaired) electrons. The maximum Gasteiger partial charge on any atom is 0.0123 e. The van der Waals surface area contributed by atoms with Gasteiger partial charge in [-0.1, -0.05) is 11.1 Å². The lowest BCUT2D eigenvalue weighted by atomic mass is 10.3. The van der Waals surface area contributed by atoms with Crippen LogP contribution in [0.4, 0.5) is 0 Å². The lowest BCUT2D eigenvalue weighted by Gasteiger charge is -2.31. The summed E-state index contributed by atoms with van der Waals surface area (Å²) < 4.78 is 2.68. The molecule has 0 aromatic carbocycles. The van der Waals surface area contributed by atoms with E-state index >= 15 is 0 Å². The van der Waals surface area contributed by atoms with Gasteiger partial charge in [-0.05, 0) is 75.2 Å². The van der Waals surface area contributed by atoms with Crippen LogP contribution in [0.25, 0.3) is 11.1 Å². The molecule has 0 aliphatic carbocycles. The molecule has 0 amide bonds. The Morgan fingerprint density at radius 2 is 1.17 bits per heavy atom. The van der Waals surface area contributed by atoms with Gasteiger partial charge in [-0.15, -0.1) is 0 Å². The second-order valence-corrected chi connectivity index (χ2v) is 8.03. The van der Waals surface area contributed by atoms with Crippen LogP contribution in [-0.2, 0) is 0 Å². The van der Waals surface area contributed by atoms with Crippen molar-refractivity contribution in [2.24, 2.45) is 0 Å². The highest BCUT2D eigenvalue weighted by Gasteiger charge is 2.18. The molecule has 1 nitrogen and oxygen atoms in total. The molecule has 0 atom stereocenters. The summed E-state index contributed by atoms with van der Waals surface area (Å²) in [7, 11) is -0.312. The third-order valence-electron chi connectivity index (χ3n) is 3.17. The van der Waals surface area contributed by atoms with Gasteiger partial charge in [0, 0.05) is 22.0 Å². The van der Waals surface area contributed by atoms with Crippen LogP contribution in [0.5, 0.6) is 0 Å². The Balaban J connectivity index is 3.71. The smallest absolute Gasteiger partial charge is 0.0123 e. The minimum absolute atomic E-state index is 0.312. The van der Waals surface area contributed by atoms with Crippen LogP contribution in [0.3, 0.4) is 0 Å². The van der Waals surface area contributed by atoms with E-state index in [1.165, 1.54) is 11.1 Å². The van der Waals surface area contributed by atoms with Crippen molar-refractivity contribution >= 4 is 18.8 Å². The van der Waals surface area contributed by atoms with E-state index in [2.05, 4.69) is 72.2 Å². The SMILES string of the molecule is CC(C)=c1ccc(=C(C)C)p1N(C(C)C)C(C)C. The Morgan fingerprint density at radius 3 is 1.39 bits per heavy atom. The highest BCUT2D eigenvalue weighted by Crippen LogP contribution is 2.26. The first kappa shape index (κ1) is 15.5. The van der Waals surface area contributed by atoms with Crippen molar-refractivity contribution in [3.05, 3.63) is 22.0 Å². The first-order valence-corrected chi connectivity index (χ1v) is 8.18. The van der Waals surface area contributed by atoms with Crippen LogP contribution in [0.15, 0.2) is 12.1 Å². The summed E-state index contributed by atoms with van der Waals surface area (Å²) in [5, 5.41) is 0. The zero-order valence-corrected chi connectivity index (χ0v) is 14.1. The van der Waals surface area contributed by atoms with Gasteiger partial charge in [0.25, 0.3) is 0 Å². The van der Waals surface area contributed by atoms with E-state index < -0.39 is 0 Å². The lowest BCUT2D eigenvalue weighted by Crippen LogP contribution is -2.38. The van der Waals surface area contributed by atoms with Crippen LogP contribution >= 0.6 is 7.68 Å². The van der Waals surface area contributed by atoms with Crippen molar-refractivity contribution in [3.8, 4) is 0 Å². The van der Waals surface area contributed by atoms with Crippen LogP contribution in [-0.4, -0.2) is 12.1 Å². The second-order valence-electron chi connectivity index (χ2n) is 5.98. The van der Waals surface area contributed by atoms with Crippen molar-refractivity contribution in [3.63, 3.8) is 0 Å². The van der Waals surface area contributed by atoms with Crippen molar-refractivity contribution < 1.29 is 0 Å². The fourth-order valence-electron chi connectivity index (χ4n) is 2.49. The molecular formula is C16H28NP. The first-order valence-electron chi connectivity index (χ1n) is 6.88. The number of hydrogen-bond acceptors (Lipinski definition) is 1. The fraction of sp³-hybridized carbons (Fsp3) is 0.625. The molecule has 0 saturated heterocycles. The monoisotopic (exact) mass is 265 g/mol. The van der Waals surface area contributed by atoms with E-state index in [9.17, 15) is 0 Å². The molecule has 0 aliphatic heterocycles. The van der Waals surface area contributed by atoms with Crippen LogP contribution in [0.2, 0.25) is 0 Å². The summed E-state index contributed by atoms with van der Waals surface area (Å²) in [5.41, 5.74) is 2.92. The van der Waals surface area contributed by atoms with Gasteiger partial charge in [-0.3, -0.25) is 4.67 Å². The van der Waals surface area contributed by atoms with E-state index in [1.807, 2.05) is 0 Å². The van der Waals surface area contributed by atoms with Gasteiger partial charge >= 0.3 is 0 Å². The predicted octanol–water partition coefficient (Wildman–Crippen LogP) is 3.81. The Kier molecular flexibility index (Phi) is 5.25. The molecule has 102 valence electrons. The summed E-state index contributed by atoms with van der Waals surface area (Å²) in [4.78, 5) is 3.09. The number of rotatable bonds is 3. The second kappa shape index (κ2) is 6.08. The number of hydrogen-bond donors (Lipinski definition) is 0. The largest absolute Gasteiger partial charge is 0.255 e. The molecular weight excluding hydrogens is 237 g/mol. The van der Waals surface area contributed by atoms with Crippen molar-refractivity contribution in [2.45, 2.75) is 67.5 Å². The molecule has 0 unspecified atom stereocenters. The van der Waals surface area contributed by atoms with Gasteiger partial charge < -0.3 is 0 Å². The minimum atomic E-state index is -0.312. The van der Waals surface area contributed by atoms with Gasteiger partial charge in [0.2, 0.25) is 0 Å². The fourth-order valence-corrected chi connectivity index (χ4v) is 5.45. The molecule has 0 bridgehead atoms. The molecule has 1 aromatic heterocycles. The van der Waals surface area contributed by atoms with E-state index in [-0.39, 0.29) is 7.68 Å². The summed E-state index contributed by atoms with van der Waals surface area (Å²) >= 11 is 0. The van der Waals surface area contributed by atoms with Crippen LogP contribution in [0, 0.1) is 0 Å². The van der Waals surface area contributed by atoms with Gasteiger partial charge in [-0.25, -0.2) is 0 Å². The van der Waals surface area contributed by atoms with E-state index in [0.717, 1.165) is 0 Å². The summed E-state index contributed by atoms with van der Waals surface area (Å²) in [6.45, 7) is 18.2. The maximum absolute atomic E-state index is 2.68. The molecule has 1 rings (SSSR count). The summed E-state index contributed by atoms with van der Waals surface area (Å²) in [6, 6.07) is 5.84. The third-order valence-corrected chi connectivity index (χ3v) is 6.66. The molecule has 1 heterocycles. The van der Waals surface area contributed by atoms with Crippen molar-refractivity contribution in [1.82, 2.24) is 0 Å². The Labute approximate surface area is 113 Å². The number of nitrogens with zero attached hydrogens (tertiary/aromatic N) is 1.